The van der Waals surface area contributed by atoms with Crippen molar-refractivity contribution < 1.29 is 23.7 Å². The van der Waals surface area contributed by atoms with Gasteiger partial charge in [-0.25, -0.2) is 9.42 Å². The van der Waals surface area contributed by atoms with Crippen molar-refractivity contribution in [1.82, 2.24) is 15.6 Å². The molecule has 0 unspecified atom stereocenters. The van der Waals surface area contributed by atoms with Crippen molar-refractivity contribution in [2.45, 2.75) is 31.7 Å². The Bertz CT molecular complexity index is 1220. The molecule has 1 heterocycles. The van der Waals surface area contributed by atoms with E-state index in [1.165, 1.54) is 7.11 Å². The average Bonchev–Trinajstić information content (AvgIpc) is 3.51. The number of hydrogen-bond acceptors (Lipinski definition) is 7. The highest BCUT2D eigenvalue weighted by Gasteiger charge is 2.51. The van der Waals surface area contributed by atoms with Gasteiger partial charge in [-0.1, -0.05) is 28.9 Å². The Labute approximate surface area is 194 Å². The number of rotatable bonds is 7. The third kappa shape index (κ3) is 4.73. The van der Waals surface area contributed by atoms with E-state index in [-0.39, 0.29) is 23.7 Å². The molecular weight excluding hydrogens is 448 g/mol. The van der Waals surface area contributed by atoms with Gasteiger partial charge in [0, 0.05) is 17.3 Å². The first-order chi connectivity index (χ1) is 15.8. The van der Waals surface area contributed by atoms with Crippen LogP contribution in [-0.4, -0.2) is 35.2 Å². The molecule has 2 amide bonds. The summed E-state index contributed by atoms with van der Waals surface area (Å²) in [6, 6.07) is 12.0. The number of carbonyl (C=O) groups excluding carboxylic acids is 3. The Morgan fingerprint density at radius 3 is 2.45 bits per heavy atom. The number of methoxy groups -OCH3 is 1. The summed E-state index contributed by atoms with van der Waals surface area (Å²) in [6.45, 7) is 1.69. The molecule has 1 saturated carbocycles. The van der Waals surface area contributed by atoms with E-state index < -0.39 is 17.3 Å². The zero-order chi connectivity index (χ0) is 23.6. The number of anilines is 1. The first-order valence-electron chi connectivity index (χ1n) is 10.2. The molecule has 0 radical (unpaired) electrons. The Balaban J connectivity index is 1.54. The number of hydrogen-bond donors (Lipinski definition) is 2. The van der Waals surface area contributed by atoms with Gasteiger partial charge in [-0.15, -0.1) is 0 Å². The summed E-state index contributed by atoms with van der Waals surface area (Å²) in [5.41, 5.74) is 1.95. The van der Waals surface area contributed by atoms with E-state index in [1.807, 2.05) is 12.1 Å². The van der Waals surface area contributed by atoms with Gasteiger partial charge in [-0.2, -0.15) is 0 Å². The molecule has 1 aliphatic rings. The maximum atomic E-state index is 13.1. The zero-order valence-corrected chi connectivity index (χ0v) is 18.7. The molecule has 0 spiro atoms. The molecule has 170 valence electrons. The maximum Gasteiger partial charge on any atom is 0.337 e. The van der Waals surface area contributed by atoms with Gasteiger partial charge in [-0.05, 0) is 66.4 Å². The quantitative estimate of drug-likeness (QED) is 0.509. The van der Waals surface area contributed by atoms with Gasteiger partial charge < -0.3 is 15.4 Å². The summed E-state index contributed by atoms with van der Waals surface area (Å²) in [6.07, 6.45) is 1.43. The highest BCUT2D eigenvalue weighted by molar-refractivity contribution is 6.30. The monoisotopic (exact) mass is 468 g/mol. The number of benzene rings is 2. The zero-order valence-electron chi connectivity index (χ0n) is 18.0. The molecule has 1 aromatic heterocycles. The van der Waals surface area contributed by atoms with Crippen LogP contribution in [0.15, 0.2) is 47.1 Å². The molecule has 1 aliphatic carbocycles. The fourth-order valence-corrected chi connectivity index (χ4v) is 3.72. The van der Waals surface area contributed by atoms with Crippen molar-refractivity contribution in [2.75, 3.05) is 12.4 Å². The Morgan fingerprint density at radius 1 is 1.12 bits per heavy atom. The molecule has 0 aliphatic heterocycles. The minimum absolute atomic E-state index is 0.0753. The van der Waals surface area contributed by atoms with E-state index in [0.29, 0.717) is 34.8 Å². The van der Waals surface area contributed by atoms with Crippen LogP contribution in [0.1, 0.15) is 50.5 Å². The first-order valence-corrected chi connectivity index (χ1v) is 10.6. The lowest BCUT2D eigenvalue weighted by Gasteiger charge is -2.17. The maximum absolute atomic E-state index is 13.1. The van der Waals surface area contributed by atoms with Crippen molar-refractivity contribution in [3.63, 3.8) is 0 Å². The number of amides is 2. The van der Waals surface area contributed by atoms with Crippen LogP contribution >= 0.6 is 11.6 Å². The molecule has 9 nitrogen and oxygen atoms in total. The molecule has 0 bridgehead atoms. The van der Waals surface area contributed by atoms with Crippen molar-refractivity contribution in [3.05, 3.63) is 75.6 Å². The third-order valence-corrected chi connectivity index (χ3v) is 5.83. The van der Waals surface area contributed by atoms with E-state index in [1.54, 1.807) is 37.3 Å². The molecule has 2 N–H and O–H groups in total. The summed E-state index contributed by atoms with van der Waals surface area (Å²) in [7, 11) is 1.27. The van der Waals surface area contributed by atoms with Crippen LogP contribution in [0.4, 0.5) is 5.69 Å². The number of halogens is 1. The van der Waals surface area contributed by atoms with Gasteiger partial charge >= 0.3 is 5.97 Å². The second-order valence-corrected chi connectivity index (χ2v) is 8.27. The number of esters is 1. The summed E-state index contributed by atoms with van der Waals surface area (Å²) in [4.78, 5) is 37.6. The molecule has 10 heteroatoms. The predicted molar refractivity (Wildman–Crippen MR) is 119 cm³/mol. The number of aryl methyl sites for hydroxylation is 1. The second-order valence-electron chi connectivity index (χ2n) is 7.83. The van der Waals surface area contributed by atoms with Crippen molar-refractivity contribution in [2.24, 2.45) is 0 Å². The van der Waals surface area contributed by atoms with Gasteiger partial charge in [0.2, 0.25) is 5.91 Å². The van der Waals surface area contributed by atoms with Crippen LogP contribution in [0.2, 0.25) is 5.02 Å². The summed E-state index contributed by atoms with van der Waals surface area (Å²) < 4.78 is 9.38. The van der Waals surface area contributed by atoms with Crippen molar-refractivity contribution >= 4 is 35.1 Å². The average molecular weight is 469 g/mol. The number of aromatic nitrogens is 2. The smallest absolute Gasteiger partial charge is 0.337 e. The van der Waals surface area contributed by atoms with E-state index in [9.17, 15) is 14.4 Å². The van der Waals surface area contributed by atoms with Crippen molar-refractivity contribution in [1.29, 1.82) is 0 Å². The predicted octanol–water partition coefficient (Wildman–Crippen LogP) is 3.42. The Morgan fingerprint density at radius 2 is 1.85 bits per heavy atom. The van der Waals surface area contributed by atoms with E-state index >= 15 is 0 Å². The Kier molecular flexibility index (Phi) is 6.15. The fourth-order valence-electron chi connectivity index (χ4n) is 3.60. The lowest BCUT2D eigenvalue weighted by molar-refractivity contribution is -0.118. The lowest BCUT2D eigenvalue weighted by atomic mass is 9.95. The van der Waals surface area contributed by atoms with Crippen LogP contribution in [-0.2, 0) is 21.5 Å². The van der Waals surface area contributed by atoms with Gasteiger partial charge in [0.1, 0.15) is 5.69 Å². The molecule has 1 fully saturated rings. The minimum atomic E-state index is -0.627. The highest BCUT2D eigenvalue weighted by Crippen LogP contribution is 2.49. The molecule has 33 heavy (non-hydrogen) atoms. The molecule has 3 aromatic rings. The second kappa shape index (κ2) is 9.03. The van der Waals surface area contributed by atoms with Gasteiger partial charge in [0.25, 0.3) is 5.91 Å². The lowest BCUT2D eigenvalue weighted by Crippen LogP contribution is -2.28. The molecular formula is C23H21ClN4O5. The number of nitrogens with one attached hydrogen (secondary N) is 2. The van der Waals surface area contributed by atoms with Crippen LogP contribution in [0.3, 0.4) is 0 Å². The summed E-state index contributed by atoms with van der Waals surface area (Å²) in [5, 5.41) is 13.4. The molecule has 0 atom stereocenters. The van der Waals surface area contributed by atoms with Crippen LogP contribution in [0, 0.1) is 6.92 Å². The highest BCUT2D eigenvalue weighted by atomic mass is 35.5. The standard InChI is InChI=1S/C23H21ClN4O5/c1-13-19(28-33-27-13)20(29)25-12-14-9-15(21(30)32-2)11-18(10-14)26-22(31)23(7-8-23)16-3-5-17(24)6-4-16/h3-6,9-11H,7-8,12H2,1-2H3,(H,25,29)(H,26,31). The van der Waals surface area contributed by atoms with E-state index in [0.717, 1.165) is 5.56 Å². The van der Waals surface area contributed by atoms with E-state index in [2.05, 4.69) is 25.6 Å². The van der Waals surface area contributed by atoms with Gasteiger partial charge in [0.05, 0.1) is 18.1 Å². The topological polar surface area (TPSA) is 123 Å². The summed E-state index contributed by atoms with van der Waals surface area (Å²) in [5.74, 6) is -1.21. The van der Waals surface area contributed by atoms with Crippen LogP contribution in [0.25, 0.3) is 0 Å². The van der Waals surface area contributed by atoms with Gasteiger partial charge in [-0.3, -0.25) is 9.59 Å². The van der Waals surface area contributed by atoms with E-state index in [4.69, 9.17) is 16.3 Å². The minimum Gasteiger partial charge on any atom is -0.465 e. The molecule has 4 rings (SSSR count). The summed E-state index contributed by atoms with van der Waals surface area (Å²) >= 11 is 5.98. The number of nitrogens with zero attached hydrogens (tertiary/aromatic N) is 2. The SMILES string of the molecule is COC(=O)c1cc(CNC(=O)c2nonc2C)cc(NC(=O)C2(c3ccc(Cl)cc3)CC2)c1. The largest absolute Gasteiger partial charge is 0.465 e. The normalized spacial score (nSPS) is 13.8. The number of ether oxygens (including phenoxy) is 1. The Hall–Kier alpha value is -3.72. The fraction of sp³-hybridized carbons (Fsp3) is 0.261. The van der Waals surface area contributed by atoms with Crippen LogP contribution < -0.4 is 10.6 Å². The molecule has 0 saturated heterocycles. The number of carbonyl (C=O) groups is 3. The first kappa shape index (κ1) is 22.5. The molecule has 2 aromatic carbocycles. The third-order valence-electron chi connectivity index (χ3n) is 5.57. The van der Waals surface area contributed by atoms with Crippen molar-refractivity contribution in [3.8, 4) is 0 Å². The van der Waals surface area contributed by atoms with Gasteiger partial charge in [0.15, 0.2) is 5.69 Å². The van der Waals surface area contributed by atoms with Crippen LogP contribution in [0.5, 0.6) is 0 Å².